The molecule has 0 heterocycles. The molecule has 0 saturated heterocycles. The topological polar surface area (TPSA) is 26.0 Å². The molecule has 0 spiro atoms. The summed E-state index contributed by atoms with van der Waals surface area (Å²) in [4.78, 5) is 1.36. The summed E-state index contributed by atoms with van der Waals surface area (Å²) in [7, 11) is 0. The first-order chi connectivity index (χ1) is 6.67. The van der Waals surface area contributed by atoms with Gasteiger partial charge < -0.3 is 5.73 Å². The number of benzene rings is 1. The standard InChI is InChI=1S/C12H19NS/c1-4-10(3)14-12-6-5-11(8-13)9(2)7-12/h5-7,10H,4,8,13H2,1-3H3. The molecule has 14 heavy (non-hydrogen) atoms. The molecule has 78 valence electrons. The van der Waals surface area contributed by atoms with Crippen LogP contribution in [0.5, 0.6) is 0 Å². The molecule has 0 aliphatic rings. The molecule has 1 unspecified atom stereocenters. The summed E-state index contributed by atoms with van der Waals surface area (Å²) >= 11 is 1.94. The minimum absolute atomic E-state index is 0.639. The van der Waals surface area contributed by atoms with Gasteiger partial charge in [-0.15, -0.1) is 11.8 Å². The van der Waals surface area contributed by atoms with Crippen LogP contribution in [0.25, 0.3) is 0 Å². The maximum absolute atomic E-state index is 5.62. The Hall–Kier alpha value is -0.470. The molecule has 1 aromatic rings. The minimum Gasteiger partial charge on any atom is -0.326 e. The number of rotatable bonds is 4. The lowest BCUT2D eigenvalue weighted by Crippen LogP contribution is -1.99. The van der Waals surface area contributed by atoms with Gasteiger partial charge in [-0.2, -0.15) is 0 Å². The largest absolute Gasteiger partial charge is 0.326 e. The van der Waals surface area contributed by atoms with Gasteiger partial charge in [0.15, 0.2) is 0 Å². The van der Waals surface area contributed by atoms with Crippen molar-refractivity contribution in [2.24, 2.45) is 5.73 Å². The average Bonchev–Trinajstić information content (AvgIpc) is 2.18. The monoisotopic (exact) mass is 209 g/mol. The van der Waals surface area contributed by atoms with Crippen LogP contribution in [0.15, 0.2) is 23.1 Å². The van der Waals surface area contributed by atoms with E-state index in [4.69, 9.17) is 5.73 Å². The van der Waals surface area contributed by atoms with Crippen molar-refractivity contribution in [3.05, 3.63) is 29.3 Å². The molecule has 0 bridgehead atoms. The second kappa shape index (κ2) is 5.42. The van der Waals surface area contributed by atoms with Crippen molar-refractivity contribution in [3.8, 4) is 0 Å². The van der Waals surface area contributed by atoms with Crippen molar-refractivity contribution in [1.29, 1.82) is 0 Å². The van der Waals surface area contributed by atoms with Crippen LogP contribution < -0.4 is 5.73 Å². The maximum atomic E-state index is 5.62. The van der Waals surface area contributed by atoms with Crippen LogP contribution in [0, 0.1) is 6.92 Å². The molecule has 2 N–H and O–H groups in total. The van der Waals surface area contributed by atoms with E-state index in [9.17, 15) is 0 Å². The normalized spacial score (nSPS) is 12.9. The van der Waals surface area contributed by atoms with Gasteiger partial charge in [-0.05, 0) is 36.6 Å². The van der Waals surface area contributed by atoms with E-state index in [1.807, 2.05) is 11.8 Å². The van der Waals surface area contributed by atoms with Crippen molar-refractivity contribution in [2.75, 3.05) is 0 Å². The van der Waals surface area contributed by atoms with Crippen LogP contribution in [-0.4, -0.2) is 5.25 Å². The molecule has 0 radical (unpaired) electrons. The van der Waals surface area contributed by atoms with Gasteiger partial charge in [-0.25, -0.2) is 0 Å². The molecule has 0 aromatic heterocycles. The summed E-state index contributed by atoms with van der Waals surface area (Å²) in [6.45, 7) is 7.25. The van der Waals surface area contributed by atoms with Gasteiger partial charge in [0.25, 0.3) is 0 Å². The number of aryl methyl sites for hydroxylation is 1. The summed E-state index contributed by atoms with van der Waals surface area (Å²) in [5.74, 6) is 0. The quantitative estimate of drug-likeness (QED) is 0.770. The smallest absolute Gasteiger partial charge is 0.0180 e. The summed E-state index contributed by atoms with van der Waals surface area (Å²) in [5.41, 5.74) is 8.18. The second-order valence-corrected chi connectivity index (χ2v) is 5.14. The Balaban J connectivity index is 2.76. The average molecular weight is 209 g/mol. The van der Waals surface area contributed by atoms with E-state index in [0.717, 1.165) is 0 Å². The molecule has 1 nitrogen and oxygen atoms in total. The Morgan fingerprint density at radius 2 is 2.14 bits per heavy atom. The maximum Gasteiger partial charge on any atom is 0.0180 e. The Morgan fingerprint density at radius 3 is 2.64 bits per heavy atom. The summed E-state index contributed by atoms with van der Waals surface area (Å²) < 4.78 is 0. The van der Waals surface area contributed by atoms with Crippen LogP contribution in [0.1, 0.15) is 31.4 Å². The third-order valence-electron chi connectivity index (χ3n) is 2.45. The van der Waals surface area contributed by atoms with Crippen LogP contribution >= 0.6 is 11.8 Å². The third kappa shape index (κ3) is 3.03. The van der Waals surface area contributed by atoms with E-state index in [1.54, 1.807) is 0 Å². The van der Waals surface area contributed by atoms with Crippen LogP contribution in [-0.2, 0) is 6.54 Å². The minimum atomic E-state index is 0.639. The molecule has 0 aliphatic carbocycles. The second-order valence-electron chi connectivity index (χ2n) is 3.63. The highest BCUT2D eigenvalue weighted by Gasteiger charge is 2.03. The van der Waals surface area contributed by atoms with Crippen molar-refractivity contribution in [3.63, 3.8) is 0 Å². The molecule has 1 aromatic carbocycles. The van der Waals surface area contributed by atoms with Crippen molar-refractivity contribution < 1.29 is 0 Å². The molecule has 2 heteroatoms. The van der Waals surface area contributed by atoms with E-state index in [2.05, 4.69) is 39.0 Å². The van der Waals surface area contributed by atoms with Gasteiger partial charge in [0.05, 0.1) is 0 Å². The first-order valence-corrected chi connectivity index (χ1v) is 6.01. The lowest BCUT2D eigenvalue weighted by Gasteiger charge is -2.10. The molecular weight excluding hydrogens is 190 g/mol. The molecule has 0 aliphatic heterocycles. The molecular formula is C12H19NS. The fourth-order valence-electron chi connectivity index (χ4n) is 1.29. The predicted octanol–water partition coefficient (Wildman–Crippen LogP) is 3.34. The third-order valence-corrected chi connectivity index (χ3v) is 3.71. The first-order valence-electron chi connectivity index (χ1n) is 5.13. The summed E-state index contributed by atoms with van der Waals surface area (Å²) in [5, 5.41) is 0.693. The number of hydrogen-bond acceptors (Lipinski definition) is 2. The SMILES string of the molecule is CCC(C)Sc1ccc(CN)c(C)c1. The van der Waals surface area contributed by atoms with E-state index in [1.165, 1.54) is 22.4 Å². The lowest BCUT2D eigenvalue weighted by molar-refractivity contribution is 0.905. The molecule has 1 rings (SSSR count). The van der Waals surface area contributed by atoms with Gasteiger partial charge in [0.2, 0.25) is 0 Å². The highest BCUT2D eigenvalue weighted by Crippen LogP contribution is 2.26. The van der Waals surface area contributed by atoms with Crippen molar-refractivity contribution >= 4 is 11.8 Å². The zero-order valence-corrected chi connectivity index (χ0v) is 10.0. The van der Waals surface area contributed by atoms with E-state index >= 15 is 0 Å². The molecule has 0 amide bonds. The van der Waals surface area contributed by atoms with Crippen LogP contribution in [0.4, 0.5) is 0 Å². The zero-order valence-electron chi connectivity index (χ0n) is 9.21. The predicted molar refractivity (Wildman–Crippen MR) is 64.7 cm³/mol. The fraction of sp³-hybridized carbons (Fsp3) is 0.500. The van der Waals surface area contributed by atoms with Crippen molar-refractivity contribution in [2.45, 2.75) is 43.9 Å². The van der Waals surface area contributed by atoms with Crippen LogP contribution in [0.2, 0.25) is 0 Å². The Kier molecular flexibility index (Phi) is 4.49. The molecule has 1 atom stereocenters. The number of hydrogen-bond donors (Lipinski definition) is 1. The van der Waals surface area contributed by atoms with E-state index in [-0.39, 0.29) is 0 Å². The van der Waals surface area contributed by atoms with Gasteiger partial charge in [0, 0.05) is 16.7 Å². The number of nitrogens with two attached hydrogens (primary N) is 1. The summed E-state index contributed by atoms with van der Waals surface area (Å²) in [6, 6.07) is 6.55. The van der Waals surface area contributed by atoms with Gasteiger partial charge in [-0.1, -0.05) is 19.9 Å². The van der Waals surface area contributed by atoms with Crippen molar-refractivity contribution in [1.82, 2.24) is 0 Å². The fourth-order valence-corrected chi connectivity index (χ4v) is 2.31. The van der Waals surface area contributed by atoms with Gasteiger partial charge in [0.1, 0.15) is 0 Å². The lowest BCUT2D eigenvalue weighted by atomic mass is 10.1. The van der Waals surface area contributed by atoms with Gasteiger partial charge >= 0.3 is 0 Å². The Morgan fingerprint density at radius 1 is 1.43 bits per heavy atom. The molecule has 0 fully saturated rings. The number of thioether (sulfide) groups is 1. The highest BCUT2D eigenvalue weighted by molar-refractivity contribution is 7.99. The molecule has 0 saturated carbocycles. The summed E-state index contributed by atoms with van der Waals surface area (Å²) in [6.07, 6.45) is 1.21. The highest BCUT2D eigenvalue weighted by atomic mass is 32.2. The van der Waals surface area contributed by atoms with E-state index < -0.39 is 0 Å². The van der Waals surface area contributed by atoms with Crippen LogP contribution in [0.3, 0.4) is 0 Å². The Bertz CT molecular complexity index is 296. The van der Waals surface area contributed by atoms with Gasteiger partial charge in [-0.3, -0.25) is 0 Å². The zero-order chi connectivity index (χ0) is 10.6. The van der Waals surface area contributed by atoms with E-state index in [0.29, 0.717) is 11.8 Å². The first kappa shape index (κ1) is 11.6. The Labute approximate surface area is 91.1 Å².